The molecule has 3 rings (SSSR count). The van der Waals surface area contributed by atoms with Crippen molar-refractivity contribution in [1.82, 2.24) is 9.97 Å². The van der Waals surface area contributed by atoms with Gasteiger partial charge in [0.1, 0.15) is 11.6 Å². The maximum Gasteiger partial charge on any atom is 0.269 e. The van der Waals surface area contributed by atoms with Gasteiger partial charge in [0.2, 0.25) is 5.95 Å². The molecule has 28 heavy (non-hydrogen) atoms. The highest BCUT2D eigenvalue weighted by Gasteiger charge is 2.10. The second-order valence-corrected chi connectivity index (χ2v) is 5.50. The zero-order valence-electron chi connectivity index (χ0n) is 14.3. The number of nitro benzene ring substituents is 1. The molecule has 1 heterocycles. The summed E-state index contributed by atoms with van der Waals surface area (Å²) < 4.78 is 0. The third-order valence-electron chi connectivity index (χ3n) is 3.50. The number of halogens is 1. The van der Waals surface area contributed by atoms with Gasteiger partial charge in [-0.1, -0.05) is 6.07 Å². The molecule has 1 aromatic heterocycles. The largest absolute Gasteiger partial charge is 0.383 e. The summed E-state index contributed by atoms with van der Waals surface area (Å²) in [6.45, 7) is 0. The summed E-state index contributed by atoms with van der Waals surface area (Å²) in [6, 6.07) is 13.8. The standard InChI is InChI=1S/C17H15N7O3.ClH/c18-14-9-15(23-17(19)22-14)20-12-3-1-2-10(8-12)16(25)21-11-4-6-13(7-5-11)24(26)27;/h1-9H,(H,21,25)(H5,18,19,20,22,23);1H. The number of rotatable bonds is 5. The van der Waals surface area contributed by atoms with E-state index in [2.05, 4.69) is 20.6 Å². The van der Waals surface area contributed by atoms with E-state index in [0.29, 0.717) is 22.8 Å². The molecule has 0 unspecified atom stereocenters. The van der Waals surface area contributed by atoms with Crippen LogP contribution in [-0.4, -0.2) is 20.8 Å². The average molecular weight is 402 g/mol. The van der Waals surface area contributed by atoms with E-state index < -0.39 is 4.92 Å². The van der Waals surface area contributed by atoms with Gasteiger partial charge in [-0.15, -0.1) is 12.4 Å². The summed E-state index contributed by atoms with van der Waals surface area (Å²) in [5.74, 6) is 0.281. The zero-order chi connectivity index (χ0) is 19.4. The van der Waals surface area contributed by atoms with Crippen molar-refractivity contribution in [2.45, 2.75) is 0 Å². The molecule has 0 aliphatic heterocycles. The molecule has 0 fully saturated rings. The molecule has 10 nitrogen and oxygen atoms in total. The lowest BCUT2D eigenvalue weighted by molar-refractivity contribution is -0.384. The molecule has 3 aromatic rings. The molecule has 1 amide bonds. The minimum absolute atomic E-state index is 0. The number of nitrogens with two attached hydrogens (primary N) is 2. The van der Waals surface area contributed by atoms with Crippen LogP contribution >= 0.6 is 12.4 Å². The van der Waals surface area contributed by atoms with Crippen LogP contribution in [0.2, 0.25) is 0 Å². The Balaban J connectivity index is 0.00000280. The predicted octanol–water partition coefficient (Wildman–Crippen LogP) is 2.97. The van der Waals surface area contributed by atoms with E-state index in [0.717, 1.165) is 0 Å². The molecule has 0 saturated heterocycles. The lowest BCUT2D eigenvalue weighted by Gasteiger charge is -2.09. The molecule has 11 heteroatoms. The number of nitrogen functional groups attached to an aromatic ring is 2. The number of benzene rings is 2. The fraction of sp³-hybridized carbons (Fsp3) is 0. The summed E-state index contributed by atoms with van der Waals surface area (Å²) in [7, 11) is 0. The predicted molar refractivity (Wildman–Crippen MR) is 109 cm³/mol. The number of nitrogens with zero attached hydrogens (tertiary/aromatic N) is 3. The normalized spacial score (nSPS) is 9.86. The summed E-state index contributed by atoms with van der Waals surface area (Å²) in [5, 5.41) is 16.3. The lowest BCUT2D eigenvalue weighted by atomic mass is 10.1. The topological polar surface area (TPSA) is 162 Å². The Labute approximate surface area is 165 Å². The Bertz CT molecular complexity index is 992. The van der Waals surface area contributed by atoms with Gasteiger partial charge in [-0.2, -0.15) is 9.97 Å². The van der Waals surface area contributed by atoms with Gasteiger partial charge in [-0.25, -0.2) is 0 Å². The maximum atomic E-state index is 12.4. The Morgan fingerprint density at radius 1 is 1.00 bits per heavy atom. The van der Waals surface area contributed by atoms with E-state index >= 15 is 0 Å². The van der Waals surface area contributed by atoms with Crippen molar-refractivity contribution in [2.24, 2.45) is 0 Å². The fourth-order valence-corrected chi connectivity index (χ4v) is 2.31. The van der Waals surface area contributed by atoms with E-state index in [-0.39, 0.29) is 35.8 Å². The van der Waals surface area contributed by atoms with Crippen LogP contribution < -0.4 is 22.1 Å². The molecule has 0 aliphatic rings. The van der Waals surface area contributed by atoms with Crippen LogP contribution in [0.15, 0.2) is 54.6 Å². The number of non-ortho nitro benzene ring substituents is 1. The molecule has 0 bridgehead atoms. The number of hydrogen-bond donors (Lipinski definition) is 4. The minimum Gasteiger partial charge on any atom is -0.383 e. The fourth-order valence-electron chi connectivity index (χ4n) is 2.31. The Kier molecular flexibility index (Phi) is 6.30. The Morgan fingerprint density at radius 3 is 2.36 bits per heavy atom. The SMILES string of the molecule is Cl.Nc1cc(Nc2cccc(C(=O)Nc3ccc([N+](=O)[O-])cc3)c2)nc(N)n1. The highest BCUT2D eigenvalue weighted by molar-refractivity contribution is 6.04. The van der Waals surface area contributed by atoms with Crippen LogP contribution in [0.4, 0.5) is 34.6 Å². The molecule has 6 N–H and O–H groups in total. The molecule has 0 saturated carbocycles. The summed E-state index contributed by atoms with van der Waals surface area (Å²) in [4.78, 5) is 30.4. The van der Waals surface area contributed by atoms with Gasteiger partial charge >= 0.3 is 0 Å². The van der Waals surface area contributed by atoms with Crippen LogP contribution in [0.1, 0.15) is 10.4 Å². The monoisotopic (exact) mass is 401 g/mol. The lowest BCUT2D eigenvalue weighted by Crippen LogP contribution is -2.12. The van der Waals surface area contributed by atoms with Gasteiger partial charge in [-0.05, 0) is 30.3 Å². The van der Waals surface area contributed by atoms with Crippen LogP contribution in [0.3, 0.4) is 0 Å². The van der Waals surface area contributed by atoms with Crippen molar-refractivity contribution in [3.63, 3.8) is 0 Å². The van der Waals surface area contributed by atoms with E-state index in [1.54, 1.807) is 24.3 Å². The molecular formula is C17H16ClN7O3. The van der Waals surface area contributed by atoms with Crippen LogP contribution in [-0.2, 0) is 0 Å². The van der Waals surface area contributed by atoms with Gasteiger partial charge < -0.3 is 22.1 Å². The first-order chi connectivity index (χ1) is 12.9. The molecule has 0 aliphatic carbocycles. The highest BCUT2D eigenvalue weighted by atomic mass is 35.5. The van der Waals surface area contributed by atoms with Gasteiger partial charge in [0, 0.05) is 35.1 Å². The van der Waals surface area contributed by atoms with Gasteiger partial charge in [0.05, 0.1) is 4.92 Å². The second-order valence-electron chi connectivity index (χ2n) is 5.50. The molecule has 0 spiro atoms. The first kappa shape index (κ1) is 20.4. The van der Waals surface area contributed by atoms with E-state index in [9.17, 15) is 14.9 Å². The van der Waals surface area contributed by atoms with Crippen LogP contribution in [0.25, 0.3) is 0 Å². The van der Waals surface area contributed by atoms with E-state index in [1.165, 1.54) is 30.3 Å². The Hall–Kier alpha value is -3.92. The Morgan fingerprint density at radius 2 is 1.71 bits per heavy atom. The number of carbonyl (C=O) groups excluding carboxylic acids is 1. The van der Waals surface area contributed by atoms with Crippen molar-refractivity contribution in [3.8, 4) is 0 Å². The maximum absolute atomic E-state index is 12.4. The number of carbonyl (C=O) groups is 1. The van der Waals surface area contributed by atoms with Crippen molar-refractivity contribution in [2.75, 3.05) is 22.1 Å². The number of amides is 1. The summed E-state index contributed by atoms with van der Waals surface area (Å²) >= 11 is 0. The van der Waals surface area contributed by atoms with Crippen LogP contribution in [0, 0.1) is 10.1 Å². The first-order valence-electron chi connectivity index (χ1n) is 7.73. The van der Waals surface area contributed by atoms with Gasteiger partial charge in [-0.3, -0.25) is 14.9 Å². The number of nitrogens with one attached hydrogen (secondary N) is 2. The van der Waals surface area contributed by atoms with Crippen molar-refractivity contribution < 1.29 is 9.72 Å². The quantitative estimate of drug-likeness (QED) is 0.374. The zero-order valence-corrected chi connectivity index (χ0v) is 15.1. The third-order valence-corrected chi connectivity index (χ3v) is 3.50. The second kappa shape index (κ2) is 8.64. The van der Waals surface area contributed by atoms with Crippen molar-refractivity contribution in [3.05, 3.63) is 70.3 Å². The van der Waals surface area contributed by atoms with E-state index in [1.807, 2.05) is 0 Å². The molecular weight excluding hydrogens is 386 g/mol. The van der Waals surface area contributed by atoms with Gasteiger partial charge in [0.15, 0.2) is 0 Å². The third kappa shape index (κ3) is 5.05. The highest BCUT2D eigenvalue weighted by Crippen LogP contribution is 2.20. The number of hydrogen-bond acceptors (Lipinski definition) is 8. The molecule has 0 radical (unpaired) electrons. The van der Waals surface area contributed by atoms with Crippen molar-refractivity contribution >= 4 is 53.0 Å². The summed E-state index contributed by atoms with van der Waals surface area (Å²) in [6.07, 6.45) is 0. The number of anilines is 5. The number of nitro groups is 1. The van der Waals surface area contributed by atoms with Crippen molar-refractivity contribution in [1.29, 1.82) is 0 Å². The average Bonchev–Trinajstić information content (AvgIpc) is 2.61. The smallest absolute Gasteiger partial charge is 0.269 e. The van der Waals surface area contributed by atoms with Crippen LogP contribution in [0.5, 0.6) is 0 Å². The minimum atomic E-state index is -0.507. The molecule has 2 aromatic carbocycles. The molecule has 144 valence electrons. The molecule has 0 atom stereocenters. The summed E-state index contributed by atoms with van der Waals surface area (Å²) in [5.41, 5.74) is 12.6. The first-order valence-corrected chi connectivity index (χ1v) is 7.73. The van der Waals surface area contributed by atoms with E-state index in [4.69, 9.17) is 11.5 Å². The van der Waals surface area contributed by atoms with Gasteiger partial charge in [0.25, 0.3) is 11.6 Å². The number of aromatic nitrogens is 2.